The van der Waals surface area contributed by atoms with Gasteiger partial charge < -0.3 is 0 Å². The van der Waals surface area contributed by atoms with Crippen LogP contribution < -0.4 is 0 Å². The lowest BCUT2D eigenvalue weighted by molar-refractivity contribution is 0.233. The summed E-state index contributed by atoms with van der Waals surface area (Å²) < 4.78 is 7.56. The lowest BCUT2D eigenvalue weighted by Crippen LogP contribution is -2.48. The van der Waals surface area contributed by atoms with Crippen LogP contribution in [-0.2, 0) is 0 Å². The molecule has 0 aliphatic carbocycles. The van der Waals surface area contributed by atoms with Gasteiger partial charge in [0.05, 0.1) is 7.34 Å². The molecule has 116 valence electrons. The molecule has 0 atom stereocenters. The van der Waals surface area contributed by atoms with E-state index in [1.165, 1.54) is 0 Å². The summed E-state index contributed by atoms with van der Waals surface area (Å²) in [4.78, 5) is 0. The molecule has 0 fully saturated rings. The van der Waals surface area contributed by atoms with Crippen LogP contribution in [0.1, 0.15) is 55.4 Å². The molecule has 0 spiro atoms. The van der Waals surface area contributed by atoms with Gasteiger partial charge in [-0.1, -0.05) is 6.30 Å². The number of rotatable bonds is 7. The fourth-order valence-electron chi connectivity index (χ4n) is 3.20. The van der Waals surface area contributed by atoms with Crippen LogP contribution in [0.5, 0.6) is 0 Å². The highest BCUT2D eigenvalue weighted by atomic mass is 31.2. The molecule has 4 heteroatoms. The second kappa shape index (κ2) is 7.26. The normalized spacial score (nSPS) is 14.2. The molecule has 0 unspecified atom stereocenters. The average molecular weight is 289 g/mol. The summed E-state index contributed by atoms with van der Waals surface area (Å²) in [5.41, 5.74) is 0. The minimum absolute atomic E-state index is 0.494. The third-order valence-electron chi connectivity index (χ3n) is 3.50. The van der Waals surface area contributed by atoms with E-state index in [4.69, 9.17) is 6.30 Å². The van der Waals surface area contributed by atoms with Crippen molar-refractivity contribution >= 4 is 13.6 Å². The van der Waals surface area contributed by atoms with Crippen LogP contribution in [0.15, 0.2) is 0 Å². The summed E-state index contributed by atoms with van der Waals surface area (Å²) in [5, 5.41) is 0. The largest absolute Gasteiger partial charge is 0.267 e. The Morgan fingerprint density at radius 3 is 0.947 bits per heavy atom. The monoisotopic (exact) mass is 289 g/mol. The molecule has 3 nitrogen and oxygen atoms in total. The van der Waals surface area contributed by atoms with Crippen LogP contribution in [0.3, 0.4) is 0 Å². The molecule has 0 rings (SSSR count). The van der Waals surface area contributed by atoms with E-state index in [0.29, 0.717) is 24.2 Å². The van der Waals surface area contributed by atoms with Gasteiger partial charge in [-0.2, -0.15) is 0 Å². The van der Waals surface area contributed by atoms with E-state index in [1.54, 1.807) is 0 Å². The molecule has 0 radical (unpaired) electrons. The Bertz CT molecular complexity index is 269. The van der Waals surface area contributed by atoms with Gasteiger partial charge in [0.1, 0.15) is 0 Å². The van der Waals surface area contributed by atoms with E-state index in [-0.39, 0.29) is 0 Å². The minimum Gasteiger partial charge on any atom is -0.267 e. The molecule has 0 aromatic heterocycles. The quantitative estimate of drug-likeness (QED) is 0.656. The zero-order chi connectivity index (χ0) is 15.5. The zero-order valence-corrected chi connectivity index (χ0v) is 15.7. The maximum Gasteiger partial charge on any atom is 0.0749 e. The smallest absolute Gasteiger partial charge is 0.0749 e. The van der Waals surface area contributed by atoms with E-state index < -0.39 is 7.34 Å². The highest BCUT2D eigenvalue weighted by Gasteiger charge is 2.38. The van der Waals surface area contributed by atoms with Crippen LogP contribution >= 0.6 is 7.34 Å². The Morgan fingerprint density at radius 2 is 0.842 bits per heavy atom. The molecule has 0 aromatic carbocycles. The summed E-state index contributed by atoms with van der Waals surface area (Å²) >= 11 is 0. The van der Waals surface area contributed by atoms with E-state index in [9.17, 15) is 0 Å². The molecule has 0 aliphatic rings. The van der Waals surface area contributed by atoms with Gasteiger partial charge in [0.25, 0.3) is 0 Å². The first-order valence-corrected chi connectivity index (χ1v) is 9.29. The summed E-state index contributed by atoms with van der Waals surface area (Å²) in [5.74, 6) is 0. The Kier molecular flexibility index (Phi) is 7.33. The summed E-state index contributed by atoms with van der Waals surface area (Å²) in [7, 11) is 2.62. The molecule has 0 aliphatic heterocycles. The Hall–Kier alpha value is 0.180. The van der Waals surface area contributed by atoms with Crippen molar-refractivity contribution in [1.82, 2.24) is 14.0 Å². The molecule has 0 heterocycles. The average Bonchev–Trinajstić information content (AvgIpc) is 2.13. The first-order chi connectivity index (χ1) is 8.47. The third kappa shape index (κ3) is 4.07. The lowest BCUT2D eigenvalue weighted by atomic mass is 10.3. The maximum absolute atomic E-state index is 4.74. The topological polar surface area (TPSA) is 9.72 Å². The highest BCUT2D eigenvalue weighted by Crippen LogP contribution is 2.58. The minimum atomic E-state index is -1.74. The SMILES string of the molecule is C=P(N(C)C)(N(C(C)C)C(C)C)N(C(C)C)C(C)C. The Labute approximate surface area is 122 Å². The number of hydrogen-bond donors (Lipinski definition) is 0. The second-order valence-corrected chi connectivity index (χ2v) is 9.78. The maximum atomic E-state index is 4.74. The molecule has 0 saturated carbocycles. The van der Waals surface area contributed by atoms with Crippen molar-refractivity contribution < 1.29 is 0 Å². The van der Waals surface area contributed by atoms with Crippen LogP contribution in [-0.4, -0.2) is 58.6 Å². The Balaban J connectivity index is 5.89. The molecule has 0 saturated heterocycles. The first-order valence-electron chi connectivity index (χ1n) is 7.46. The first kappa shape index (κ1) is 19.2. The summed E-state index contributed by atoms with van der Waals surface area (Å²) in [6.07, 6.45) is 4.74. The lowest BCUT2D eigenvalue weighted by Gasteiger charge is -2.54. The van der Waals surface area contributed by atoms with E-state index >= 15 is 0 Å². The third-order valence-corrected chi connectivity index (χ3v) is 8.10. The van der Waals surface area contributed by atoms with Crippen molar-refractivity contribution in [3.63, 3.8) is 0 Å². The van der Waals surface area contributed by atoms with Gasteiger partial charge in [0, 0.05) is 24.2 Å². The predicted octanol–water partition coefficient (Wildman–Crippen LogP) is 3.98. The van der Waals surface area contributed by atoms with Crippen molar-refractivity contribution in [2.24, 2.45) is 0 Å². The van der Waals surface area contributed by atoms with Gasteiger partial charge >= 0.3 is 0 Å². The second-order valence-electron chi connectivity index (χ2n) is 6.67. The van der Waals surface area contributed by atoms with Crippen molar-refractivity contribution in [3.05, 3.63) is 0 Å². The molecule has 19 heavy (non-hydrogen) atoms. The van der Waals surface area contributed by atoms with E-state index in [1.807, 2.05) is 0 Å². The van der Waals surface area contributed by atoms with Crippen LogP contribution in [0, 0.1) is 0 Å². The Morgan fingerprint density at radius 1 is 0.632 bits per heavy atom. The standard InChI is InChI=1S/C15H36N3P/c1-12(2)17(13(3)4)19(11,16(9)10)18(14(5)6)15(7)8/h12-15H,11H2,1-10H3. The fourth-order valence-corrected chi connectivity index (χ4v) is 7.23. The summed E-state index contributed by atoms with van der Waals surface area (Å²) in [6.45, 7) is 18.2. The van der Waals surface area contributed by atoms with Gasteiger partial charge in [-0.3, -0.25) is 14.0 Å². The molecule has 0 amide bonds. The molecule has 0 aromatic rings. The van der Waals surface area contributed by atoms with Crippen LogP contribution in [0.2, 0.25) is 0 Å². The van der Waals surface area contributed by atoms with Gasteiger partial charge in [0.2, 0.25) is 0 Å². The van der Waals surface area contributed by atoms with Crippen molar-refractivity contribution in [1.29, 1.82) is 0 Å². The van der Waals surface area contributed by atoms with Gasteiger partial charge in [0.15, 0.2) is 0 Å². The molecular weight excluding hydrogens is 253 g/mol. The predicted molar refractivity (Wildman–Crippen MR) is 92.0 cm³/mol. The molecule has 0 bridgehead atoms. The van der Waals surface area contributed by atoms with Gasteiger partial charge in [-0.25, -0.2) is 0 Å². The summed E-state index contributed by atoms with van der Waals surface area (Å²) in [6, 6.07) is 1.97. The highest BCUT2D eigenvalue weighted by molar-refractivity contribution is 7.67. The molecule has 0 N–H and O–H groups in total. The van der Waals surface area contributed by atoms with Crippen molar-refractivity contribution in [2.75, 3.05) is 14.1 Å². The van der Waals surface area contributed by atoms with E-state index in [2.05, 4.69) is 83.5 Å². The molecular formula is C15H36N3P. The van der Waals surface area contributed by atoms with Crippen LogP contribution in [0.4, 0.5) is 0 Å². The van der Waals surface area contributed by atoms with Gasteiger partial charge in [-0.05, 0) is 69.5 Å². The van der Waals surface area contributed by atoms with Crippen molar-refractivity contribution in [3.8, 4) is 0 Å². The number of nitrogens with zero attached hydrogens (tertiary/aromatic N) is 3. The van der Waals surface area contributed by atoms with Crippen molar-refractivity contribution in [2.45, 2.75) is 79.6 Å². The van der Waals surface area contributed by atoms with Crippen LogP contribution in [0.25, 0.3) is 0 Å². The van der Waals surface area contributed by atoms with E-state index in [0.717, 1.165) is 0 Å². The fraction of sp³-hybridized carbons (Fsp3) is 0.933. The van der Waals surface area contributed by atoms with Gasteiger partial charge in [-0.15, -0.1) is 0 Å². The zero-order valence-electron chi connectivity index (χ0n) is 14.8. The number of hydrogen-bond acceptors (Lipinski definition) is 3.